The minimum atomic E-state index is -0.529. The van der Waals surface area contributed by atoms with E-state index in [1.165, 1.54) is 7.11 Å². The number of rotatable bonds is 4. The van der Waals surface area contributed by atoms with Crippen molar-refractivity contribution in [3.8, 4) is 0 Å². The van der Waals surface area contributed by atoms with Gasteiger partial charge >= 0.3 is 6.09 Å². The Morgan fingerprint density at radius 1 is 1.00 bits per heavy atom. The number of piperazine rings is 1. The van der Waals surface area contributed by atoms with E-state index in [-0.39, 0.29) is 30.7 Å². The van der Waals surface area contributed by atoms with Gasteiger partial charge in [0.2, 0.25) is 11.8 Å². The zero-order valence-corrected chi connectivity index (χ0v) is 13.7. The van der Waals surface area contributed by atoms with Gasteiger partial charge in [-0.1, -0.05) is 0 Å². The highest BCUT2D eigenvalue weighted by Gasteiger charge is 2.27. The van der Waals surface area contributed by atoms with Crippen molar-refractivity contribution in [1.29, 1.82) is 0 Å². The molecule has 0 bridgehead atoms. The number of hydrogen-bond donors (Lipinski definition) is 1. The van der Waals surface area contributed by atoms with Crippen LogP contribution in [0.1, 0.15) is 33.6 Å². The second-order valence-corrected chi connectivity index (χ2v) is 6.08. The fraction of sp³-hybridized carbons (Fsp3) is 0.786. The van der Waals surface area contributed by atoms with Crippen molar-refractivity contribution in [3.05, 3.63) is 0 Å². The first-order chi connectivity index (χ1) is 10.2. The zero-order valence-electron chi connectivity index (χ0n) is 13.7. The highest BCUT2D eigenvalue weighted by atomic mass is 16.6. The van der Waals surface area contributed by atoms with E-state index in [1.807, 2.05) is 20.8 Å². The molecule has 0 unspecified atom stereocenters. The molecule has 0 atom stereocenters. The third kappa shape index (κ3) is 6.30. The Labute approximate surface area is 130 Å². The van der Waals surface area contributed by atoms with Crippen molar-refractivity contribution < 1.29 is 24.0 Å². The van der Waals surface area contributed by atoms with Gasteiger partial charge in [-0.2, -0.15) is 0 Å². The number of carbonyl (C=O) groups excluding carboxylic acids is 3. The highest BCUT2D eigenvalue weighted by molar-refractivity contribution is 5.83. The quantitative estimate of drug-likeness (QED) is 0.764. The Morgan fingerprint density at radius 3 is 2.05 bits per heavy atom. The molecule has 0 saturated carbocycles. The first-order valence-electron chi connectivity index (χ1n) is 7.30. The van der Waals surface area contributed by atoms with Gasteiger partial charge < -0.3 is 14.5 Å². The van der Waals surface area contributed by atoms with Crippen LogP contribution in [-0.2, 0) is 19.2 Å². The van der Waals surface area contributed by atoms with Crippen LogP contribution in [0.2, 0.25) is 0 Å². The molecule has 1 heterocycles. The minimum absolute atomic E-state index is 0.0823. The number of nitrogens with one attached hydrogen (secondary N) is 1. The number of hydroxylamine groups is 1. The maximum atomic E-state index is 12.0. The molecule has 1 saturated heterocycles. The van der Waals surface area contributed by atoms with Crippen LogP contribution in [0.15, 0.2) is 0 Å². The molecule has 22 heavy (non-hydrogen) atoms. The van der Waals surface area contributed by atoms with E-state index in [9.17, 15) is 14.4 Å². The largest absolute Gasteiger partial charge is 0.444 e. The predicted octanol–water partition coefficient (Wildman–Crippen LogP) is 0.524. The van der Waals surface area contributed by atoms with Gasteiger partial charge in [0.05, 0.1) is 7.11 Å². The van der Waals surface area contributed by atoms with Gasteiger partial charge in [-0.05, 0) is 20.8 Å². The fourth-order valence-corrected chi connectivity index (χ4v) is 2.01. The Morgan fingerprint density at radius 2 is 1.55 bits per heavy atom. The monoisotopic (exact) mass is 315 g/mol. The van der Waals surface area contributed by atoms with Crippen molar-refractivity contribution in [1.82, 2.24) is 15.3 Å². The summed E-state index contributed by atoms with van der Waals surface area (Å²) in [7, 11) is 1.34. The van der Waals surface area contributed by atoms with E-state index >= 15 is 0 Å². The van der Waals surface area contributed by atoms with Crippen LogP contribution < -0.4 is 5.48 Å². The number of ether oxygens (including phenoxy) is 1. The molecule has 1 fully saturated rings. The molecule has 0 aromatic heterocycles. The fourth-order valence-electron chi connectivity index (χ4n) is 2.01. The van der Waals surface area contributed by atoms with Gasteiger partial charge in [-0.3, -0.25) is 14.4 Å². The van der Waals surface area contributed by atoms with Gasteiger partial charge in [0, 0.05) is 39.0 Å². The highest BCUT2D eigenvalue weighted by Crippen LogP contribution is 2.12. The zero-order chi connectivity index (χ0) is 16.8. The summed E-state index contributed by atoms with van der Waals surface area (Å²) in [4.78, 5) is 42.8. The first-order valence-corrected chi connectivity index (χ1v) is 7.30. The molecular weight excluding hydrogens is 290 g/mol. The van der Waals surface area contributed by atoms with Crippen LogP contribution in [0, 0.1) is 0 Å². The lowest BCUT2D eigenvalue weighted by Gasteiger charge is -2.35. The van der Waals surface area contributed by atoms with Crippen LogP contribution in [0.3, 0.4) is 0 Å². The molecule has 3 amide bonds. The molecule has 1 rings (SSSR count). The molecule has 1 aliphatic heterocycles. The standard InChI is InChI=1S/C14H25N3O5/c1-14(2,3)22-13(20)17-9-7-16(8-10-17)12(19)6-5-11(18)15-21-4/h5-10H2,1-4H3,(H,15,18). The van der Waals surface area contributed by atoms with Gasteiger partial charge in [-0.25, -0.2) is 10.3 Å². The molecule has 126 valence electrons. The summed E-state index contributed by atoms with van der Waals surface area (Å²) in [5, 5.41) is 0. The lowest BCUT2D eigenvalue weighted by Crippen LogP contribution is -2.51. The molecule has 0 radical (unpaired) electrons. The number of carbonyl (C=O) groups is 3. The van der Waals surface area contributed by atoms with Gasteiger partial charge in [0.15, 0.2) is 0 Å². The van der Waals surface area contributed by atoms with Crippen LogP contribution in [-0.4, -0.2) is 66.6 Å². The van der Waals surface area contributed by atoms with Crippen molar-refractivity contribution in [3.63, 3.8) is 0 Å². The summed E-state index contributed by atoms with van der Waals surface area (Å²) in [6.07, 6.45) is -0.153. The molecule has 1 N–H and O–H groups in total. The lowest BCUT2D eigenvalue weighted by atomic mass is 10.2. The van der Waals surface area contributed by atoms with Crippen molar-refractivity contribution in [2.45, 2.75) is 39.2 Å². The normalized spacial score (nSPS) is 15.5. The Balaban J connectivity index is 2.34. The lowest BCUT2D eigenvalue weighted by molar-refractivity contribution is -0.137. The van der Waals surface area contributed by atoms with E-state index in [0.29, 0.717) is 26.2 Å². The third-order valence-electron chi connectivity index (χ3n) is 3.07. The molecule has 0 aliphatic carbocycles. The van der Waals surface area contributed by atoms with Crippen molar-refractivity contribution in [2.24, 2.45) is 0 Å². The number of nitrogens with zero attached hydrogens (tertiary/aromatic N) is 2. The molecule has 0 aromatic carbocycles. The average Bonchev–Trinajstić information content (AvgIpc) is 2.43. The van der Waals surface area contributed by atoms with E-state index in [4.69, 9.17) is 4.74 Å². The Bertz CT molecular complexity index is 411. The third-order valence-corrected chi connectivity index (χ3v) is 3.07. The number of amides is 3. The van der Waals surface area contributed by atoms with E-state index < -0.39 is 5.60 Å². The van der Waals surface area contributed by atoms with Gasteiger partial charge in [0.1, 0.15) is 5.60 Å². The SMILES string of the molecule is CONC(=O)CCC(=O)N1CCN(C(=O)OC(C)(C)C)CC1. The van der Waals surface area contributed by atoms with Crippen LogP contribution in [0.4, 0.5) is 4.79 Å². The summed E-state index contributed by atoms with van der Waals surface area (Å²) in [5.41, 5.74) is 1.64. The first kappa shape index (κ1) is 18.2. The predicted molar refractivity (Wildman–Crippen MR) is 78.8 cm³/mol. The maximum Gasteiger partial charge on any atom is 0.410 e. The second kappa shape index (κ2) is 7.98. The van der Waals surface area contributed by atoms with Crippen LogP contribution in [0.5, 0.6) is 0 Å². The summed E-state index contributed by atoms with van der Waals surface area (Å²) < 4.78 is 5.30. The Kier molecular flexibility index (Phi) is 6.61. The molecular formula is C14H25N3O5. The van der Waals surface area contributed by atoms with Crippen LogP contribution in [0.25, 0.3) is 0 Å². The smallest absolute Gasteiger partial charge is 0.410 e. The van der Waals surface area contributed by atoms with E-state index in [1.54, 1.807) is 9.80 Å². The second-order valence-electron chi connectivity index (χ2n) is 6.08. The minimum Gasteiger partial charge on any atom is -0.444 e. The average molecular weight is 315 g/mol. The van der Waals surface area contributed by atoms with E-state index in [2.05, 4.69) is 10.3 Å². The Hall–Kier alpha value is -1.83. The molecule has 0 aromatic rings. The summed E-state index contributed by atoms with van der Waals surface area (Å²) in [5.74, 6) is -0.432. The summed E-state index contributed by atoms with van der Waals surface area (Å²) >= 11 is 0. The topological polar surface area (TPSA) is 88.2 Å². The van der Waals surface area contributed by atoms with Gasteiger partial charge in [-0.15, -0.1) is 0 Å². The molecule has 0 spiro atoms. The summed E-state index contributed by atoms with van der Waals surface area (Å²) in [6.45, 7) is 7.21. The van der Waals surface area contributed by atoms with Crippen LogP contribution >= 0.6 is 0 Å². The number of hydrogen-bond acceptors (Lipinski definition) is 5. The van der Waals surface area contributed by atoms with Gasteiger partial charge in [0.25, 0.3) is 0 Å². The van der Waals surface area contributed by atoms with E-state index in [0.717, 1.165) is 0 Å². The maximum absolute atomic E-state index is 12.0. The molecule has 8 nitrogen and oxygen atoms in total. The molecule has 1 aliphatic rings. The molecule has 8 heteroatoms. The van der Waals surface area contributed by atoms with Crippen molar-refractivity contribution in [2.75, 3.05) is 33.3 Å². The summed E-state index contributed by atoms with van der Waals surface area (Å²) in [6, 6.07) is 0. The van der Waals surface area contributed by atoms with Crippen molar-refractivity contribution >= 4 is 17.9 Å².